The molecule has 7 heteroatoms. The molecule has 2 aromatic carbocycles. The molecule has 1 aliphatic heterocycles. The largest absolute Gasteiger partial charge is 0.377 e. The highest BCUT2D eigenvalue weighted by Crippen LogP contribution is 2.35. The summed E-state index contributed by atoms with van der Waals surface area (Å²) in [4.78, 5) is 27.6. The third kappa shape index (κ3) is 4.86. The Bertz CT molecular complexity index is 1010. The first-order valence-electron chi connectivity index (χ1n) is 9.70. The van der Waals surface area contributed by atoms with Gasteiger partial charge in [-0.1, -0.05) is 35.3 Å². The zero-order valence-corrected chi connectivity index (χ0v) is 18.9. The molecule has 0 radical (unpaired) electrons. The Morgan fingerprint density at radius 2 is 1.67 bits per heavy atom. The van der Waals surface area contributed by atoms with E-state index in [2.05, 4.69) is 5.32 Å². The highest BCUT2D eigenvalue weighted by Gasteiger charge is 2.39. The zero-order chi connectivity index (χ0) is 22.0. The van der Waals surface area contributed by atoms with Gasteiger partial charge < -0.3 is 10.1 Å². The molecule has 1 N–H and O–H groups in total. The van der Waals surface area contributed by atoms with Gasteiger partial charge >= 0.3 is 0 Å². The van der Waals surface area contributed by atoms with Crippen molar-refractivity contribution in [3.8, 4) is 0 Å². The van der Waals surface area contributed by atoms with Crippen LogP contribution < -0.4 is 5.32 Å². The summed E-state index contributed by atoms with van der Waals surface area (Å²) in [7, 11) is 0. The molecule has 0 spiro atoms. The predicted molar refractivity (Wildman–Crippen MR) is 121 cm³/mol. The monoisotopic (exact) mass is 446 g/mol. The molecule has 3 rings (SSSR count). The predicted octanol–water partition coefficient (Wildman–Crippen LogP) is 5.23. The minimum absolute atomic E-state index is 0.00353. The van der Waals surface area contributed by atoms with Crippen LogP contribution in [0, 0.1) is 13.8 Å². The molecule has 0 fully saturated rings. The van der Waals surface area contributed by atoms with Gasteiger partial charge in [-0.25, -0.2) is 0 Å². The van der Waals surface area contributed by atoms with E-state index in [0.717, 1.165) is 16.8 Å². The van der Waals surface area contributed by atoms with Gasteiger partial charge in [0.2, 0.25) is 0 Å². The van der Waals surface area contributed by atoms with E-state index in [9.17, 15) is 9.59 Å². The van der Waals surface area contributed by atoms with E-state index in [1.807, 2.05) is 45.9 Å². The highest BCUT2D eigenvalue weighted by atomic mass is 35.5. The van der Waals surface area contributed by atoms with E-state index in [1.165, 1.54) is 4.90 Å². The first-order valence-corrected chi connectivity index (χ1v) is 10.5. The van der Waals surface area contributed by atoms with Gasteiger partial charge in [0.1, 0.15) is 5.70 Å². The topological polar surface area (TPSA) is 58.6 Å². The molecule has 0 aromatic heterocycles. The first-order chi connectivity index (χ1) is 14.2. The first kappa shape index (κ1) is 22.3. The molecular weight excluding hydrogens is 423 g/mol. The summed E-state index contributed by atoms with van der Waals surface area (Å²) in [5.41, 5.74) is 3.69. The number of carbonyl (C=O) groups is 2. The number of amides is 2. The van der Waals surface area contributed by atoms with Crippen molar-refractivity contribution in [1.29, 1.82) is 0 Å². The number of rotatable bonds is 7. The average molecular weight is 447 g/mol. The van der Waals surface area contributed by atoms with E-state index in [1.54, 1.807) is 18.2 Å². The van der Waals surface area contributed by atoms with Gasteiger partial charge in [-0.05, 0) is 63.1 Å². The lowest BCUT2D eigenvalue weighted by atomic mass is 10.0. The fourth-order valence-electron chi connectivity index (χ4n) is 3.41. The van der Waals surface area contributed by atoms with E-state index in [-0.39, 0.29) is 30.5 Å². The molecule has 0 saturated heterocycles. The van der Waals surface area contributed by atoms with Crippen LogP contribution >= 0.6 is 23.2 Å². The SMILES string of the molecule is Cc1cc(C)cc(NC2=C(c3ccc(Cl)cc3Cl)C(=O)N(CCOC(C)C)C2=O)c1. The fraction of sp³-hybridized carbons (Fsp3) is 0.304. The lowest BCUT2D eigenvalue weighted by molar-refractivity contribution is -0.137. The number of nitrogens with one attached hydrogen (secondary N) is 1. The van der Waals surface area contributed by atoms with Crippen molar-refractivity contribution in [2.45, 2.75) is 33.8 Å². The van der Waals surface area contributed by atoms with Crippen molar-refractivity contribution in [1.82, 2.24) is 4.90 Å². The molecule has 0 aliphatic carbocycles. The molecule has 30 heavy (non-hydrogen) atoms. The maximum absolute atomic E-state index is 13.2. The summed E-state index contributed by atoms with van der Waals surface area (Å²) >= 11 is 12.4. The smallest absolute Gasteiger partial charge is 0.278 e. The normalized spacial score (nSPS) is 14.3. The molecule has 0 saturated carbocycles. The minimum Gasteiger partial charge on any atom is -0.377 e. The molecule has 2 amide bonds. The second kappa shape index (κ2) is 9.21. The van der Waals surface area contributed by atoms with Crippen LogP contribution in [-0.2, 0) is 14.3 Å². The van der Waals surface area contributed by atoms with Gasteiger partial charge in [0.15, 0.2) is 0 Å². The van der Waals surface area contributed by atoms with Crippen molar-refractivity contribution in [3.63, 3.8) is 0 Å². The molecule has 0 unspecified atom stereocenters. The number of nitrogens with zero attached hydrogens (tertiary/aromatic N) is 1. The second-order valence-corrected chi connectivity index (χ2v) is 8.40. The molecule has 0 bridgehead atoms. The van der Waals surface area contributed by atoms with Gasteiger partial charge in [-0.2, -0.15) is 0 Å². The molecule has 1 heterocycles. The fourth-order valence-corrected chi connectivity index (χ4v) is 3.91. The quantitative estimate of drug-likeness (QED) is 0.591. The average Bonchev–Trinajstić information content (AvgIpc) is 2.85. The number of imide groups is 1. The number of ether oxygens (including phenoxy) is 1. The summed E-state index contributed by atoms with van der Waals surface area (Å²) in [5, 5.41) is 3.91. The Balaban J connectivity index is 2.03. The van der Waals surface area contributed by atoms with Gasteiger partial charge in [-0.3, -0.25) is 14.5 Å². The number of benzene rings is 2. The van der Waals surface area contributed by atoms with E-state index in [0.29, 0.717) is 15.6 Å². The Hall–Kier alpha value is -2.34. The lowest BCUT2D eigenvalue weighted by Gasteiger charge is -2.16. The third-order valence-electron chi connectivity index (χ3n) is 4.63. The molecule has 158 valence electrons. The Labute approximate surface area is 186 Å². The van der Waals surface area contributed by atoms with Gasteiger partial charge in [-0.15, -0.1) is 0 Å². The Kier molecular flexibility index (Phi) is 6.86. The van der Waals surface area contributed by atoms with E-state index >= 15 is 0 Å². The standard InChI is InChI=1S/C23H24Cl2N2O3/c1-13(2)30-8-7-27-22(28)20(18-6-5-16(24)12-19(18)25)21(23(27)29)26-17-10-14(3)9-15(4)11-17/h5-6,9-13,26H,7-8H2,1-4H3. The summed E-state index contributed by atoms with van der Waals surface area (Å²) in [6, 6.07) is 10.7. The van der Waals surface area contributed by atoms with Crippen molar-refractivity contribution in [3.05, 3.63) is 68.8 Å². The Morgan fingerprint density at radius 3 is 2.27 bits per heavy atom. The third-order valence-corrected chi connectivity index (χ3v) is 5.17. The molecule has 0 atom stereocenters. The summed E-state index contributed by atoms with van der Waals surface area (Å²) < 4.78 is 5.54. The van der Waals surface area contributed by atoms with Crippen LogP contribution in [0.3, 0.4) is 0 Å². The highest BCUT2D eigenvalue weighted by molar-refractivity contribution is 6.41. The van der Waals surface area contributed by atoms with Crippen molar-refractivity contribution < 1.29 is 14.3 Å². The summed E-state index contributed by atoms with van der Waals surface area (Å²) in [6.07, 6.45) is 0.00353. The van der Waals surface area contributed by atoms with Crippen LogP contribution in [0.15, 0.2) is 42.1 Å². The second-order valence-electron chi connectivity index (χ2n) is 7.56. The summed E-state index contributed by atoms with van der Waals surface area (Å²) in [5.74, 6) is -0.823. The maximum Gasteiger partial charge on any atom is 0.278 e. The number of hydrogen-bond donors (Lipinski definition) is 1. The van der Waals surface area contributed by atoms with Crippen LogP contribution in [0.1, 0.15) is 30.5 Å². The number of carbonyl (C=O) groups excluding carboxylic acids is 2. The van der Waals surface area contributed by atoms with Crippen LogP contribution in [0.5, 0.6) is 0 Å². The number of halogens is 2. The molecule has 1 aliphatic rings. The molecule has 2 aromatic rings. The van der Waals surface area contributed by atoms with Gasteiger partial charge in [0.05, 0.1) is 29.9 Å². The maximum atomic E-state index is 13.2. The Morgan fingerprint density at radius 1 is 1.00 bits per heavy atom. The van der Waals surface area contributed by atoms with E-state index in [4.69, 9.17) is 27.9 Å². The van der Waals surface area contributed by atoms with Crippen molar-refractivity contribution in [2.24, 2.45) is 0 Å². The minimum atomic E-state index is -0.413. The molecular formula is C23H24Cl2N2O3. The number of hydrogen-bond acceptors (Lipinski definition) is 4. The van der Waals surface area contributed by atoms with Crippen LogP contribution in [-0.4, -0.2) is 36.0 Å². The van der Waals surface area contributed by atoms with Crippen LogP contribution in [0.2, 0.25) is 10.0 Å². The zero-order valence-electron chi connectivity index (χ0n) is 17.4. The van der Waals surface area contributed by atoms with Crippen molar-refractivity contribution >= 4 is 46.3 Å². The number of aryl methyl sites for hydroxylation is 2. The van der Waals surface area contributed by atoms with Gasteiger partial charge in [0.25, 0.3) is 11.8 Å². The van der Waals surface area contributed by atoms with Crippen LogP contribution in [0.4, 0.5) is 5.69 Å². The number of anilines is 1. The van der Waals surface area contributed by atoms with Crippen LogP contribution in [0.25, 0.3) is 5.57 Å². The van der Waals surface area contributed by atoms with E-state index < -0.39 is 11.8 Å². The lowest BCUT2D eigenvalue weighted by Crippen LogP contribution is -2.35. The van der Waals surface area contributed by atoms with Gasteiger partial charge in [0, 0.05) is 16.3 Å². The summed E-state index contributed by atoms with van der Waals surface area (Å²) in [6.45, 7) is 8.16. The van der Waals surface area contributed by atoms with Crippen molar-refractivity contribution in [2.75, 3.05) is 18.5 Å². The molecule has 5 nitrogen and oxygen atoms in total.